The molecule has 2 aromatic heterocycles. The van der Waals surface area contributed by atoms with E-state index in [1.54, 1.807) is 12.1 Å². The SMILES string of the molecule is Cc1ccc2c3ccc(C)cc3n(-c3cc(-c4ccc(C#N)cc4C(F)(F)F)cc(-n4c5cc(C)ccc5c5ccc(C)cc54)c3C#N)c2c1. The number of benzene rings is 6. The van der Waals surface area contributed by atoms with E-state index in [-0.39, 0.29) is 16.7 Å². The molecule has 2 heterocycles. The van der Waals surface area contributed by atoms with Gasteiger partial charge in [-0.2, -0.15) is 23.7 Å². The summed E-state index contributed by atoms with van der Waals surface area (Å²) >= 11 is 0. The monoisotopic (exact) mass is 658 g/mol. The molecule has 0 spiro atoms. The highest BCUT2D eigenvalue weighted by Crippen LogP contribution is 2.43. The zero-order valence-electron chi connectivity index (χ0n) is 27.7. The third-order valence-corrected chi connectivity index (χ3v) is 9.61. The number of aryl methyl sites for hydroxylation is 4. The number of hydrogen-bond donors (Lipinski definition) is 0. The van der Waals surface area contributed by atoms with E-state index in [0.29, 0.717) is 16.9 Å². The van der Waals surface area contributed by atoms with Gasteiger partial charge in [-0.25, -0.2) is 0 Å². The van der Waals surface area contributed by atoms with Gasteiger partial charge >= 0.3 is 6.18 Å². The Morgan fingerprint density at radius 1 is 0.500 bits per heavy atom. The Balaban J connectivity index is 1.61. The highest BCUT2D eigenvalue weighted by atomic mass is 19.4. The van der Waals surface area contributed by atoms with Crippen LogP contribution in [0.3, 0.4) is 0 Å². The predicted octanol–water partition coefficient (Wildman–Crippen LogP) is 11.5. The van der Waals surface area contributed by atoms with E-state index in [0.717, 1.165) is 71.9 Å². The molecule has 8 aromatic rings. The van der Waals surface area contributed by atoms with Crippen LogP contribution in [0, 0.1) is 50.4 Å². The fourth-order valence-corrected chi connectivity index (χ4v) is 7.33. The quantitative estimate of drug-likeness (QED) is 0.190. The summed E-state index contributed by atoms with van der Waals surface area (Å²) in [6.07, 6.45) is -4.74. The summed E-state index contributed by atoms with van der Waals surface area (Å²) in [5, 5.41) is 24.5. The van der Waals surface area contributed by atoms with Crippen molar-refractivity contribution in [1.29, 1.82) is 10.5 Å². The van der Waals surface area contributed by atoms with Crippen molar-refractivity contribution in [2.75, 3.05) is 0 Å². The summed E-state index contributed by atoms with van der Waals surface area (Å²) < 4.78 is 48.4. The second-order valence-corrected chi connectivity index (χ2v) is 13.1. The molecule has 4 nitrogen and oxygen atoms in total. The van der Waals surface area contributed by atoms with Crippen molar-refractivity contribution in [1.82, 2.24) is 9.13 Å². The Morgan fingerprint density at radius 3 is 1.24 bits per heavy atom. The van der Waals surface area contributed by atoms with Crippen molar-refractivity contribution in [2.45, 2.75) is 33.9 Å². The van der Waals surface area contributed by atoms with Gasteiger partial charge in [0.2, 0.25) is 0 Å². The molecule has 0 saturated heterocycles. The summed E-state index contributed by atoms with van der Waals surface area (Å²) in [4.78, 5) is 0. The molecule has 0 aliphatic rings. The van der Waals surface area contributed by atoms with E-state index in [4.69, 9.17) is 0 Å². The number of nitrogens with zero attached hydrogens (tertiary/aromatic N) is 4. The van der Waals surface area contributed by atoms with Crippen LogP contribution < -0.4 is 0 Å². The number of fused-ring (bicyclic) bond motifs is 6. The smallest absolute Gasteiger partial charge is 0.308 e. The van der Waals surface area contributed by atoms with Gasteiger partial charge in [-0.05, 0) is 110 Å². The van der Waals surface area contributed by atoms with Crippen molar-refractivity contribution in [3.8, 4) is 34.6 Å². The molecule has 0 atom stereocenters. The highest BCUT2D eigenvalue weighted by molar-refractivity contribution is 6.11. The van der Waals surface area contributed by atoms with Gasteiger partial charge in [-0.15, -0.1) is 0 Å². The Bertz CT molecular complexity index is 2550. The molecule has 8 rings (SSSR count). The lowest BCUT2D eigenvalue weighted by Crippen LogP contribution is -2.09. The number of rotatable bonds is 3. The average Bonchev–Trinajstić information content (AvgIpc) is 3.57. The molecule has 0 fully saturated rings. The Kier molecular flexibility index (Phi) is 6.89. The zero-order chi connectivity index (χ0) is 35.1. The molecule has 0 saturated carbocycles. The first kappa shape index (κ1) is 31.0. The first-order valence-electron chi connectivity index (χ1n) is 16.2. The summed E-state index contributed by atoms with van der Waals surface area (Å²) in [5.74, 6) is 0. The first-order chi connectivity index (χ1) is 24.0. The van der Waals surface area contributed by atoms with Crippen LogP contribution in [-0.4, -0.2) is 9.13 Å². The lowest BCUT2D eigenvalue weighted by atomic mass is 9.94. The van der Waals surface area contributed by atoms with Crippen molar-refractivity contribution < 1.29 is 13.2 Å². The summed E-state index contributed by atoms with van der Waals surface area (Å²) in [6, 6.07) is 35.9. The largest absolute Gasteiger partial charge is 0.417 e. The Morgan fingerprint density at radius 2 is 0.900 bits per heavy atom. The molecule has 0 unspecified atom stereocenters. The minimum absolute atomic E-state index is 0.0789. The maximum Gasteiger partial charge on any atom is 0.417 e. The predicted molar refractivity (Wildman–Crippen MR) is 194 cm³/mol. The van der Waals surface area contributed by atoms with Gasteiger partial charge in [0.05, 0.1) is 50.6 Å². The number of alkyl halides is 3. The van der Waals surface area contributed by atoms with E-state index in [1.165, 1.54) is 12.1 Å². The summed E-state index contributed by atoms with van der Waals surface area (Å²) in [7, 11) is 0. The van der Waals surface area contributed by atoms with Crippen LogP contribution in [0.2, 0.25) is 0 Å². The third-order valence-electron chi connectivity index (χ3n) is 9.61. The average molecular weight is 659 g/mol. The zero-order valence-corrected chi connectivity index (χ0v) is 27.7. The number of hydrogen-bond acceptors (Lipinski definition) is 2. The fraction of sp³-hybridized carbons (Fsp3) is 0.116. The molecule has 0 amide bonds. The molecular formula is C43H29F3N4. The molecule has 0 aliphatic heterocycles. The van der Waals surface area contributed by atoms with Crippen molar-refractivity contribution in [3.63, 3.8) is 0 Å². The third kappa shape index (κ3) is 4.74. The van der Waals surface area contributed by atoms with E-state index >= 15 is 0 Å². The molecule has 0 bridgehead atoms. The lowest BCUT2D eigenvalue weighted by molar-refractivity contribution is -0.137. The number of halogens is 3. The van der Waals surface area contributed by atoms with E-state index < -0.39 is 11.7 Å². The molecule has 242 valence electrons. The van der Waals surface area contributed by atoms with Gasteiger partial charge in [-0.3, -0.25) is 0 Å². The van der Waals surface area contributed by atoms with E-state index in [9.17, 15) is 23.7 Å². The number of nitriles is 2. The molecule has 50 heavy (non-hydrogen) atoms. The van der Waals surface area contributed by atoms with Gasteiger partial charge in [0, 0.05) is 21.5 Å². The fourth-order valence-electron chi connectivity index (χ4n) is 7.33. The molecule has 7 heteroatoms. The van der Waals surface area contributed by atoms with Crippen LogP contribution >= 0.6 is 0 Å². The van der Waals surface area contributed by atoms with E-state index in [2.05, 4.69) is 30.3 Å². The lowest BCUT2D eigenvalue weighted by Gasteiger charge is -2.20. The topological polar surface area (TPSA) is 57.4 Å². The van der Waals surface area contributed by atoms with Crippen molar-refractivity contribution in [3.05, 3.63) is 142 Å². The molecule has 0 radical (unpaired) electrons. The van der Waals surface area contributed by atoms with E-state index in [1.807, 2.05) is 91.4 Å². The standard InChI is InChI=1S/C43H29F3N4/c1-24-5-10-31-32-11-6-25(2)16-38(32)49(37(31)15-24)41-20-29(30-14-9-28(22-47)19-36(30)43(44,45)46)21-42(35(41)23-48)50-39-17-26(3)7-12-33(39)34-13-8-27(4)18-40(34)50/h5-21H,1-4H3. The minimum Gasteiger partial charge on any atom is -0.308 e. The number of aromatic nitrogens is 2. The molecule has 6 aromatic carbocycles. The first-order valence-corrected chi connectivity index (χ1v) is 16.2. The Hall–Kier alpha value is -6.31. The van der Waals surface area contributed by atoms with Gasteiger partial charge in [0.15, 0.2) is 0 Å². The summed E-state index contributed by atoms with van der Waals surface area (Å²) in [6.45, 7) is 7.98. The van der Waals surface area contributed by atoms with Gasteiger partial charge < -0.3 is 9.13 Å². The van der Waals surface area contributed by atoms with Crippen LogP contribution in [0.1, 0.15) is 38.9 Å². The van der Waals surface area contributed by atoms with Gasteiger partial charge in [0.1, 0.15) is 11.6 Å². The van der Waals surface area contributed by atoms with Crippen LogP contribution in [0.5, 0.6) is 0 Å². The van der Waals surface area contributed by atoms with Gasteiger partial charge in [-0.1, -0.05) is 54.6 Å². The normalized spacial score (nSPS) is 11.9. The Labute approximate surface area is 286 Å². The second kappa shape index (κ2) is 11.1. The maximum absolute atomic E-state index is 14.8. The van der Waals surface area contributed by atoms with Crippen molar-refractivity contribution in [2.24, 2.45) is 0 Å². The minimum atomic E-state index is -4.74. The molecular weight excluding hydrogens is 629 g/mol. The molecule has 0 N–H and O–H groups in total. The highest BCUT2D eigenvalue weighted by Gasteiger charge is 2.35. The second-order valence-electron chi connectivity index (χ2n) is 13.1. The maximum atomic E-state index is 14.8. The summed E-state index contributed by atoms with van der Waals surface area (Å²) in [5.41, 5.74) is 7.84. The molecule has 0 aliphatic carbocycles. The van der Waals surface area contributed by atoms with Gasteiger partial charge in [0.25, 0.3) is 0 Å². The van der Waals surface area contributed by atoms with Crippen molar-refractivity contribution >= 4 is 43.6 Å². The van der Waals surface area contributed by atoms with Crippen LogP contribution in [0.25, 0.3) is 66.1 Å². The van der Waals surface area contributed by atoms with Crippen LogP contribution in [-0.2, 0) is 6.18 Å². The van der Waals surface area contributed by atoms with Crippen LogP contribution in [0.15, 0.2) is 103 Å². The van der Waals surface area contributed by atoms with Crippen LogP contribution in [0.4, 0.5) is 13.2 Å².